The molecule has 2 amide bonds. The smallest absolute Gasteiger partial charge is 0.414 e. The topological polar surface area (TPSA) is 121 Å². The Morgan fingerprint density at radius 1 is 1.22 bits per heavy atom. The molecule has 3 heterocycles. The molecular weight excluding hydrogens is 507 g/mol. The molecule has 1 aromatic carbocycles. The fraction of sp³-hybridized carbons (Fsp3) is 0.381. The van der Waals surface area contributed by atoms with Crippen LogP contribution < -0.4 is 15.1 Å². The predicted octanol–water partition coefficient (Wildman–Crippen LogP) is 1.37. The number of halogens is 3. The molecule has 15 heteroatoms. The number of pyridine rings is 1. The number of sulfonamides is 1. The van der Waals surface area contributed by atoms with Crippen LogP contribution in [-0.2, 0) is 24.4 Å². The van der Waals surface area contributed by atoms with E-state index in [9.17, 15) is 26.8 Å². The number of aromatic nitrogens is 1. The minimum atomic E-state index is -3.94. The van der Waals surface area contributed by atoms with Crippen molar-refractivity contribution < 1.29 is 40.8 Å². The van der Waals surface area contributed by atoms with Crippen LogP contribution in [-0.4, -0.2) is 81.7 Å². The zero-order chi connectivity index (χ0) is 25.9. The quantitative estimate of drug-likeness (QED) is 0.571. The van der Waals surface area contributed by atoms with E-state index in [2.05, 4.69) is 4.98 Å². The highest BCUT2D eigenvalue weighted by molar-refractivity contribution is 7.89. The molecule has 36 heavy (non-hydrogen) atoms. The van der Waals surface area contributed by atoms with E-state index in [1.165, 1.54) is 36.7 Å². The Morgan fingerprint density at radius 2 is 2.03 bits per heavy atom. The first-order chi connectivity index (χ1) is 17.2. The number of hydrogen-bond acceptors (Lipinski definition) is 8. The Balaban J connectivity index is 1.41. The first-order valence-corrected chi connectivity index (χ1v) is 12.2. The Bertz CT molecular complexity index is 1220. The summed E-state index contributed by atoms with van der Waals surface area (Å²) in [7, 11) is -3.94. The van der Waals surface area contributed by atoms with Gasteiger partial charge in [-0.05, 0) is 30.3 Å². The van der Waals surface area contributed by atoms with E-state index in [4.69, 9.17) is 9.57 Å². The van der Waals surface area contributed by atoms with E-state index < -0.39 is 40.4 Å². The van der Waals surface area contributed by atoms with Crippen molar-refractivity contribution in [3.8, 4) is 0 Å². The second-order valence-corrected chi connectivity index (χ2v) is 9.67. The number of anilines is 2. The van der Waals surface area contributed by atoms with Gasteiger partial charge in [-0.2, -0.15) is 8.78 Å². The van der Waals surface area contributed by atoms with E-state index in [-0.39, 0.29) is 55.6 Å². The fourth-order valence-electron chi connectivity index (χ4n) is 3.73. The van der Waals surface area contributed by atoms with Crippen LogP contribution in [0.1, 0.15) is 0 Å². The molecule has 194 valence electrons. The van der Waals surface area contributed by atoms with Gasteiger partial charge in [-0.25, -0.2) is 17.6 Å². The molecule has 1 aromatic heterocycles. The van der Waals surface area contributed by atoms with Crippen molar-refractivity contribution in [3.05, 3.63) is 48.5 Å². The van der Waals surface area contributed by atoms with Crippen molar-refractivity contribution >= 4 is 33.4 Å². The molecule has 11 nitrogen and oxygen atoms in total. The second-order valence-electron chi connectivity index (χ2n) is 7.84. The molecular formula is C21H22F3N5O6S. The molecule has 0 aliphatic carbocycles. The SMILES string of the molecule is O=C(NC[C@H]1CN(c2ccc(N3CCON(S(=O)(=O)c4cccnc4)CC3)c(F)c2)C(=O)O1)C(F)F. The number of amides is 2. The molecule has 1 N–H and O–H groups in total. The van der Waals surface area contributed by atoms with Crippen molar-refractivity contribution in [2.75, 3.05) is 49.1 Å². The normalized spacial score (nSPS) is 19.3. The average molecular weight is 529 g/mol. The Hall–Kier alpha value is -3.43. The molecule has 4 rings (SSSR count). The number of carbonyl (C=O) groups is 2. The van der Waals surface area contributed by atoms with Gasteiger partial charge in [0.1, 0.15) is 16.8 Å². The lowest BCUT2D eigenvalue weighted by Gasteiger charge is -2.23. The van der Waals surface area contributed by atoms with E-state index in [1.807, 2.05) is 5.32 Å². The molecule has 2 saturated heterocycles. The second kappa shape index (κ2) is 10.7. The van der Waals surface area contributed by atoms with Gasteiger partial charge in [0.25, 0.3) is 15.9 Å². The molecule has 0 spiro atoms. The molecule has 2 fully saturated rings. The van der Waals surface area contributed by atoms with Gasteiger partial charge < -0.3 is 15.0 Å². The Kier molecular flexibility index (Phi) is 7.61. The number of rotatable bonds is 7. The summed E-state index contributed by atoms with van der Waals surface area (Å²) in [6.07, 6.45) is -2.22. The highest BCUT2D eigenvalue weighted by Crippen LogP contribution is 2.29. The molecule has 1 atom stereocenters. The third kappa shape index (κ3) is 5.52. The zero-order valence-corrected chi connectivity index (χ0v) is 19.5. The minimum absolute atomic E-state index is 0.0227. The lowest BCUT2D eigenvalue weighted by Crippen LogP contribution is -2.37. The van der Waals surface area contributed by atoms with Crippen molar-refractivity contribution in [3.63, 3.8) is 0 Å². The summed E-state index contributed by atoms with van der Waals surface area (Å²) in [6.45, 7) is -0.132. The van der Waals surface area contributed by atoms with Crippen LogP contribution in [0.15, 0.2) is 47.6 Å². The lowest BCUT2D eigenvalue weighted by atomic mass is 10.2. The van der Waals surface area contributed by atoms with Gasteiger partial charge in [0, 0.05) is 25.5 Å². The Morgan fingerprint density at radius 3 is 2.72 bits per heavy atom. The summed E-state index contributed by atoms with van der Waals surface area (Å²) in [6, 6.07) is 6.93. The number of hydrogen-bond donors (Lipinski definition) is 1. The molecule has 0 radical (unpaired) electrons. The van der Waals surface area contributed by atoms with E-state index in [0.717, 1.165) is 15.4 Å². The molecule has 2 aliphatic rings. The summed E-state index contributed by atoms with van der Waals surface area (Å²) in [5, 5.41) is 1.97. The number of nitrogens with zero attached hydrogens (tertiary/aromatic N) is 4. The maximum atomic E-state index is 15.0. The zero-order valence-electron chi connectivity index (χ0n) is 18.7. The van der Waals surface area contributed by atoms with Crippen LogP contribution in [0, 0.1) is 5.82 Å². The van der Waals surface area contributed by atoms with Crippen molar-refractivity contribution in [1.29, 1.82) is 0 Å². The van der Waals surface area contributed by atoms with Crippen molar-refractivity contribution in [2.24, 2.45) is 0 Å². The predicted molar refractivity (Wildman–Crippen MR) is 119 cm³/mol. The van der Waals surface area contributed by atoms with Gasteiger partial charge in [0.15, 0.2) is 0 Å². The van der Waals surface area contributed by atoms with E-state index in [1.54, 1.807) is 4.90 Å². The van der Waals surface area contributed by atoms with Crippen LogP contribution in [0.2, 0.25) is 0 Å². The average Bonchev–Trinajstić information content (AvgIpc) is 3.06. The highest BCUT2D eigenvalue weighted by Gasteiger charge is 2.34. The number of nitrogens with one attached hydrogen (secondary N) is 1. The molecule has 2 aliphatic heterocycles. The van der Waals surface area contributed by atoms with Crippen LogP contribution in [0.4, 0.5) is 29.3 Å². The maximum absolute atomic E-state index is 15.0. The van der Waals surface area contributed by atoms with Gasteiger partial charge in [0.05, 0.1) is 37.6 Å². The summed E-state index contributed by atoms with van der Waals surface area (Å²) >= 11 is 0. The lowest BCUT2D eigenvalue weighted by molar-refractivity contribution is -0.132. The number of ether oxygens (including phenoxy) is 1. The fourth-order valence-corrected chi connectivity index (χ4v) is 4.94. The summed E-state index contributed by atoms with van der Waals surface area (Å²) in [4.78, 5) is 35.1. The van der Waals surface area contributed by atoms with Gasteiger partial charge in [-0.1, -0.05) is 4.47 Å². The summed E-state index contributed by atoms with van der Waals surface area (Å²) in [5.41, 5.74) is 0.354. The molecule has 0 saturated carbocycles. The summed E-state index contributed by atoms with van der Waals surface area (Å²) in [5.74, 6) is -2.15. The van der Waals surface area contributed by atoms with E-state index >= 15 is 4.39 Å². The van der Waals surface area contributed by atoms with Gasteiger partial charge in [-0.15, -0.1) is 0 Å². The highest BCUT2D eigenvalue weighted by atomic mass is 32.2. The summed E-state index contributed by atoms with van der Waals surface area (Å²) < 4.78 is 71.1. The number of cyclic esters (lactones) is 1. The first kappa shape index (κ1) is 25.7. The monoisotopic (exact) mass is 529 g/mol. The first-order valence-electron chi connectivity index (χ1n) is 10.8. The number of hydroxylamine groups is 1. The standard InChI is InChI=1S/C21H22F3N5O6S/c22-17-10-14(28-13-15(35-21(28)31)11-26-20(30)19(23)24)3-4-18(17)27-6-7-29(34-9-8-27)36(32,33)16-2-1-5-25-12-16/h1-5,10,12,15,19H,6-9,11,13H2,(H,26,30)/t15-/m0/s1. The van der Waals surface area contributed by atoms with E-state index in [0.29, 0.717) is 0 Å². The number of carbonyl (C=O) groups excluding carboxylic acids is 2. The van der Waals surface area contributed by atoms with Crippen molar-refractivity contribution in [1.82, 2.24) is 14.8 Å². The molecule has 0 unspecified atom stereocenters. The van der Waals surface area contributed by atoms with Crippen LogP contribution in [0.3, 0.4) is 0 Å². The largest absolute Gasteiger partial charge is 0.442 e. The third-order valence-electron chi connectivity index (χ3n) is 5.51. The van der Waals surface area contributed by atoms with Crippen molar-refractivity contribution in [2.45, 2.75) is 17.4 Å². The van der Waals surface area contributed by atoms with Crippen LogP contribution in [0.25, 0.3) is 0 Å². The maximum Gasteiger partial charge on any atom is 0.414 e. The van der Waals surface area contributed by atoms with Gasteiger partial charge >= 0.3 is 12.5 Å². The third-order valence-corrected chi connectivity index (χ3v) is 7.17. The van der Waals surface area contributed by atoms with Crippen LogP contribution >= 0.6 is 0 Å². The number of benzene rings is 1. The van der Waals surface area contributed by atoms with Crippen LogP contribution in [0.5, 0.6) is 0 Å². The molecule has 2 aromatic rings. The van der Waals surface area contributed by atoms with Gasteiger partial charge in [0.2, 0.25) is 0 Å². The minimum Gasteiger partial charge on any atom is -0.442 e. The Labute approximate surface area is 204 Å². The number of alkyl halides is 2. The molecule has 0 bridgehead atoms. The van der Waals surface area contributed by atoms with Gasteiger partial charge in [-0.3, -0.25) is 19.5 Å².